The maximum absolute atomic E-state index is 12.0. The molecule has 0 amide bonds. The van der Waals surface area contributed by atoms with Crippen LogP contribution in [0.1, 0.15) is 18.1 Å². The van der Waals surface area contributed by atoms with Crippen molar-refractivity contribution in [3.63, 3.8) is 0 Å². The molecule has 1 heterocycles. The zero-order valence-corrected chi connectivity index (χ0v) is 22.0. The van der Waals surface area contributed by atoms with Crippen molar-refractivity contribution in [2.75, 3.05) is 6.61 Å². The predicted octanol–water partition coefficient (Wildman–Crippen LogP) is 5.49. The van der Waals surface area contributed by atoms with Crippen LogP contribution in [0.3, 0.4) is 0 Å². The maximum atomic E-state index is 12.0. The highest BCUT2D eigenvalue weighted by Gasteiger charge is 2.51. The number of carbonyl (C=O) groups excluding carboxylic acids is 1. The van der Waals surface area contributed by atoms with E-state index in [9.17, 15) is 10.3 Å². The molecule has 3 rings (SSSR count). The smallest absolute Gasteiger partial charge is 0.303 e. The lowest BCUT2D eigenvalue weighted by atomic mass is 9.96. The fraction of sp³-hybridized carbons (Fsp3) is 0.417. The third-order valence-electron chi connectivity index (χ3n) is 5.27. The van der Waals surface area contributed by atoms with Gasteiger partial charge in [-0.1, -0.05) is 101 Å². The second-order valence-corrected chi connectivity index (χ2v) is 10.3. The summed E-state index contributed by atoms with van der Waals surface area (Å²) >= 11 is 17.3. The van der Waals surface area contributed by atoms with Gasteiger partial charge in [-0.3, -0.25) is 10.2 Å². The first-order valence-electron chi connectivity index (χ1n) is 11.2. The third kappa shape index (κ3) is 8.76. The molecule has 0 unspecified atom stereocenters. The molecule has 5 atom stereocenters. The summed E-state index contributed by atoms with van der Waals surface area (Å²) in [5, 5.41) is 11.7. The molecule has 1 fully saturated rings. The number of nitrogens with one attached hydrogen (secondary N) is 1. The topological polar surface area (TPSA) is 136 Å². The molecule has 0 aliphatic carbocycles. The van der Waals surface area contributed by atoms with Crippen LogP contribution in [-0.2, 0) is 41.7 Å². The summed E-state index contributed by atoms with van der Waals surface area (Å²) in [5.41, 5.74) is 11.0. The van der Waals surface area contributed by atoms with Crippen LogP contribution in [0.25, 0.3) is 10.4 Å². The maximum Gasteiger partial charge on any atom is 0.303 e. The number of carbonyl (C=O) groups is 1. The fourth-order valence-corrected chi connectivity index (χ4v) is 3.78. The molecule has 2 aromatic carbocycles. The van der Waals surface area contributed by atoms with Gasteiger partial charge >= 0.3 is 5.97 Å². The summed E-state index contributed by atoms with van der Waals surface area (Å²) in [6.07, 6.45) is -4.41. The Kier molecular flexibility index (Phi) is 10.8. The first kappa shape index (κ1) is 29.0. The van der Waals surface area contributed by atoms with E-state index in [1.165, 1.54) is 6.92 Å². The summed E-state index contributed by atoms with van der Waals surface area (Å²) in [5.74, 6) is -1.42. The molecule has 1 saturated heterocycles. The van der Waals surface area contributed by atoms with Crippen molar-refractivity contribution in [2.45, 2.75) is 54.6 Å². The van der Waals surface area contributed by atoms with Crippen molar-refractivity contribution in [3.8, 4) is 0 Å². The van der Waals surface area contributed by atoms with Crippen molar-refractivity contribution >= 4 is 46.7 Å². The summed E-state index contributed by atoms with van der Waals surface area (Å²) in [6, 6.07) is 17.5. The van der Waals surface area contributed by atoms with Crippen molar-refractivity contribution in [1.29, 1.82) is 5.41 Å². The van der Waals surface area contributed by atoms with Crippen molar-refractivity contribution in [2.24, 2.45) is 5.11 Å². The monoisotopic (exact) mass is 570 g/mol. The number of benzene rings is 2. The number of hydrogen-bond acceptors (Lipinski definition) is 8. The number of alkyl halides is 3. The van der Waals surface area contributed by atoms with E-state index in [1.54, 1.807) is 0 Å². The zero-order chi connectivity index (χ0) is 26.8. The number of ether oxygens (including phenoxy) is 5. The Labute approximate surface area is 228 Å². The van der Waals surface area contributed by atoms with Gasteiger partial charge in [0, 0.05) is 11.8 Å². The minimum absolute atomic E-state index is 0.0178. The van der Waals surface area contributed by atoms with Crippen LogP contribution in [0.5, 0.6) is 0 Å². The quantitative estimate of drug-likeness (QED) is 0.0762. The van der Waals surface area contributed by atoms with Crippen LogP contribution in [0.15, 0.2) is 65.8 Å². The molecular formula is C24H25Cl3N4O6. The van der Waals surface area contributed by atoms with Gasteiger partial charge in [0.2, 0.25) is 12.2 Å². The van der Waals surface area contributed by atoms with Gasteiger partial charge in [-0.05, 0) is 16.7 Å². The first-order chi connectivity index (χ1) is 17.7. The second-order valence-electron chi connectivity index (χ2n) is 8.02. The van der Waals surface area contributed by atoms with E-state index in [1.807, 2.05) is 60.7 Å². The van der Waals surface area contributed by atoms with Crippen LogP contribution in [0.2, 0.25) is 0 Å². The Balaban J connectivity index is 1.89. The van der Waals surface area contributed by atoms with E-state index in [2.05, 4.69) is 10.0 Å². The average Bonchev–Trinajstić information content (AvgIpc) is 2.86. The number of halogens is 3. The minimum atomic E-state index is -2.21. The van der Waals surface area contributed by atoms with Gasteiger partial charge in [-0.15, -0.1) is 0 Å². The number of azide groups is 1. The molecule has 1 N–H and O–H groups in total. The van der Waals surface area contributed by atoms with Gasteiger partial charge in [0.05, 0.1) is 19.8 Å². The molecule has 0 radical (unpaired) electrons. The zero-order valence-electron chi connectivity index (χ0n) is 19.7. The number of esters is 1. The fourth-order valence-electron chi connectivity index (χ4n) is 3.65. The molecule has 0 bridgehead atoms. The molecule has 0 saturated carbocycles. The van der Waals surface area contributed by atoms with Gasteiger partial charge < -0.3 is 23.7 Å². The van der Waals surface area contributed by atoms with E-state index < -0.39 is 46.3 Å². The van der Waals surface area contributed by atoms with E-state index >= 15 is 0 Å². The lowest BCUT2D eigenvalue weighted by Gasteiger charge is -2.44. The number of nitrogens with zero attached hydrogens (tertiary/aromatic N) is 3. The average molecular weight is 572 g/mol. The minimum Gasteiger partial charge on any atom is -0.459 e. The van der Waals surface area contributed by atoms with Gasteiger partial charge in [-0.2, -0.15) is 0 Å². The SMILES string of the molecule is CC(=O)O[C@@H]1[C@@H](N=[N+]=[N-])[C@@H](OC(=N)C(Cl)(Cl)Cl)O[C@H](COCc2ccccc2)[C@@H]1OCc1ccccc1. The Bertz CT molecular complexity index is 1080. The van der Waals surface area contributed by atoms with Gasteiger partial charge in [-0.25, -0.2) is 0 Å². The van der Waals surface area contributed by atoms with Crippen LogP contribution < -0.4 is 0 Å². The largest absolute Gasteiger partial charge is 0.459 e. The Morgan fingerprint density at radius 2 is 1.62 bits per heavy atom. The van der Waals surface area contributed by atoms with Gasteiger partial charge in [0.1, 0.15) is 24.4 Å². The molecule has 10 nitrogen and oxygen atoms in total. The van der Waals surface area contributed by atoms with E-state index in [4.69, 9.17) is 63.9 Å². The predicted molar refractivity (Wildman–Crippen MR) is 137 cm³/mol. The standard InChI is InChI=1S/C24H25Cl3N4O6/c1-15(32)35-21-19(30-31-29)22(37-23(28)24(25,26)27)36-18(14-33-12-16-8-4-2-5-9-16)20(21)34-13-17-10-6-3-7-11-17/h2-11,18-22,28H,12-14H2,1H3/t18-,19-,20+,21-,22-/m1/s1. The molecule has 0 aromatic heterocycles. The summed E-state index contributed by atoms with van der Waals surface area (Å²) in [6.45, 7) is 1.59. The van der Waals surface area contributed by atoms with Crippen LogP contribution in [0.4, 0.5) is 0 Å². The Morgan fingerprint density at radius 1 is 1.03 bits per heavy atom. The number of rotatable bonds is 10. The van der Waals surface area contributed by atoms with E-state index in [0.717, 1.165) is 11.1 Å². The first-order valence-corrected chi connectivity index (χ1v) is 12.3. The third-order valence-corrected chi connectivity index (χ3v) is 5.79. The lowest BCUT2D eigenvalue weighted by Crippen LogP contribution is -2.61. The molecule has 1 aliphatic heterocycles. The van der Waals surface area contributed by atoms with Gasteiger partial charge in [0.15, 0.2) is 0 Å². The summed E-state index contributed by atoms with van der Waals surface area (Å²) < 4.78 is 26.8. The molecule has 2 aromatic rings. The Hall–Kier alpha value is -2.56. The molecule has 1 aliphatic rings. The van der Waals surface area contributed by atoms with Crippen molar-refractivity contribution in [1.82, 2.24) is 0 Å². The van der Waals surface area contributed by atoms with Gasteiger partial charge in [0.25, 0.3) is 3.79 Å². The number of hydrogen-bond donors (Lipinski definition) is 1. The normalized spacial score (nSPS) is 23.5. The highest BCUT2D eigenvalue weighted by atomic mass is 35.6. The molecule has 13 heteroatoms. The second kappa shape index (κ2) is 13.8. The van der Waals surface area contributed by atoms with E-state index in [-0.39, 0.29) is 19.8 Å². The molecular weight excluding hydrogens is 547 g/mol. The van der Waals surface area contributed by atoms with Crippen LogP contribution in [-0.4, -0.2) is 52.9 Å². The van der Waals surface area contributed by atoms with Crippen molar-refractivity contribution in [3.05, 3.63) is 82.2 Å². The molecule has 37 heavy (non-hydrogen) atoms. The molecule has 198 valence electrons. The summed E-state index contributed by atoms with van der Waals surface area (Å²) in [7, 11) is 0. The Morgan fingerprint density at radius 3 is 2.16 bits per heavy atom. The summed E-state index contributed by atoms with van der Waals surface area (Å²) in [4.78, 5) is 14.9. The molecule has 0 spiro atoms. The van der Waals surface area contributed by atoms with E-state index in [0.29, 0.717) is 0 Å². The van der Waals surface area contributed by atoms with Crippen LogP contribution >= 0.6 is 34.8 Å². The highest BCUT2D eigenvalue weighted by Crippen LogP contribution is 2.34. The lowest BCUT2D eigenvalue weighted by molar-refractivity contribution is -0.263. The van der Waals surface area contributed by atoms with Crippen molar-refractivity contribution < 1.29 is 28.5 Å². The highest BCUT2D eigenvalue weighted by molar-refractivity contribution is 6.76. The van der Waals surface area contributed by atoms with Crippen LogP contribution in [0, 0.1) is 5.41 Å².